The highest BCUT2D eigenvalue weighted by molar-refractivity contribution is 7.90. The minimum atomic E-state index is -4.27. The highest BCUT2D eigenvalue weighted by Crippen LogP contribution is 2.26. The Labute approximate surface area is 183 Å². The van der Waals surface area contributed by atoms with E-state index in [1.165, 1.54) is 24.3 Å². The number of piperazine rings is 1. The smallest absolute Gasteiger partial charge is 0.407 e. The third-order valence-corrected chi connectivity index (χ3v) is 6.89. The Morgan fingerprint density at radius 2 is 1.78 bits per heavy atom. The Hall–Kier alpha value is -3.29. The van der Waals surface area contributed by atoms with Crippen molar-refractivity contribution >= 4 is 27.9 Å². The summed E-state index contributed by atoms with van der Waals surface area (Å²) in [5.74, 6) is 2.78. The summed E-state index contributed by atoms with van der Waals surface area (Å²) in [5, 5.41) is 9.08. The fourth-order valence-corrected chi connectivity index (χ4v) is 4.83. The summed E-state index contributed by atoms with van der Waals surface area (Å²) in [6.07, 6.45) is -1.16. The third kappa shape index (κ3) is 4.95. The lowest BCUT2D eigenvalue weighted by Crippen LogP contribution is -2.54. The van der Waals surface area contributed by atoms with Crippen LogP contribution in [0.5, 0.6) is 0 Å². The fourth-order valence-electron chi connectivity index (χ4n) is 3.24. The van der Waals surface area contributed by atoms with E-state index in [0.29, 0.717) is 0 Å². The summed E-state index contributed by atoms with van der Waals surface area (Å²) >= 11 is 0. The number of nitrogens with two attached hydrogens (primary N) is 1. The van der Waals surface area contributed by atoms with E-state index in [1.807, 2.05) is 5.43 Å². The standard InChI is InChI=1S/C19H21F2N5O5S/c20-15-2-1-3-16(11-15)26(12-14-5-4-13(10-17(14)21)18(27)23-22)32(30,31)25-8-6-24(7-9-25)19(28)29/h1-5,10-11H,6-9,12,22H2,(H,23,27)(H,28,29). The molecule has 0 aromatic heterocycles. The van der Waals surface area contributed by atoms with Gasteiger partial charge in [0.1, 0.15) is 11.6 Å². The molecule has 2 aromatic rings. The van der Waals surface area contributed by atoms with Crippen molar-refractivity contribution in [3.8, 4) is 0 Å². The van der Waals surface area contributed by atoms with Crippen molar-refractivity contribution in [2.24, 2.45) is 5.84 Å². The zero-order chi connectivity index (χ0) is 23.5. The van der Waals surface area contributed by atoms with Gasteiger partial charge < -0.3 is 10.0 Å². The Bertz CT molecular complexity index is 1120. The fraction of sp³-hybridized carbons (Fsp3) is 0.263. The van der Waals surface area contributed by atoms with Crippen LogP contribution in [0.1, 0.15) is 15.9 Å². The van der Waals surface area contributed by atoms with Gasteiger partial charge in [0.2, 0.25) is 0 Å². The van der Waals surface area contributed by atoms with Crippen LogP contribution in [0.25, 0.3) is 0 Å². The van der Waals surface area contributed by atoms with Crippen molar-refractivity contribution in [1.29, 1.82) is 0 Å². The lowest BCUT2D eigenvalue weighted by atomic mass is 10.1. The molecule has 0 bridgehead atoms. The molecule has 1 aliphatic heterocycles. The first-order chi connectivity index (χ1) is 15.1. The summed E-state index contributed by atoms with van der Waals surface area (Å²) in [4.78, 5) is 23.8. The minimum absolute atomic E-state index is 0.0335. The number of benzene rings is 2. The van der Waals surface area contributed by atoms with Crippen molar-refractivity contribution in [2.75, 3.05) is 30.5 Å². The zero-order valence-electron chi connectivity index (χ0n) is 16.7. The van der Waals surface area contributed by atoms with Crippen LogP contribution in [0.4, 0.5) is 19.3 Å². The maximum absolute atomic E-state index is 14.7. The molecule has 172 valence electrons. The molecule has 2 aromatic carbocycles. The van der Waals surface area contributed by atoms with Gasteiger partial charge >= 0.3 is 16.3 Å². The second-order valence-corrected chi connectivity index (χ2v) is 8.80. The first kappa shape index (κ1) is 23.4. The van der Waals surface area contributed by atoms with E-state index < -0.39 is 40.4 Å². The minimum Gasteiger partial charge on any atom is -0.465 e. The van der Waals surface area contributed by atoms with Gasteiger partial charge in [-0.1, -0.05) is 12.1 Å². The van der Waals surface area contributed by atoms with Gasteiger partial charge in [-0.15, -0.1) is 0 Å². The van der Waals surface area contributed by atoms with Crippen molar-refractivity contribution in [1.82, 2.24) is 14.6 Å². The number of hydrogen-bond donors (Lipinski definition) is 3. The summed E-state index contributed by atoms with van der Waals surface area (Å²) < 4.78 is 57.2. The van der Waals surface area contributed by atoms with Gasteiger partial charge in [-0.05, 0) is 30.3 Å². The number of rotatable bonds is 6. The second kappa shape index (κ2) is 9.46. The van der Waals surface area contributed by atoms with Crippen LogP contribution < -0.4 is 15.6 Å². The summed E-state index contributed by atoms with van der Waals surface area (Å²) in [5.41, 5.74) is 1.72. The van der Waals surface area contributed by atoms with Gasteiger partial charge in [-0.2, -0.15) is 12.7 Å². The summed E-state index contributed by atoms with van der Waals surface area (Å²) in [7, 11) is -4.27. The molecule has 0 radical (unpaired) electrons. The molecule has 13 heteroatoms. The number of anilines is 1. The van der Waals surface area contributed by atoms with Crippen LogP contribution in [-0.2, 0) is 16.8 Å². The number of hydrazine groups is 1. The number of carbonyl (C=O) groups is 2. The van der Waals surface area contributed by atoms with Gasteiger partial charge in [0.15, 0.2) is 0 Å². The maximum Gasteiger partial charge on any atom is 0.407 e. The number of hydrogen-bond acceptors (Lipinski definition) is 5. The number of nitrogen functional groups attached to an aromatic ring is 1. The van der Waals surface area contributed by atoms with E-state index >= 15 is 0 Å². The normalized spacial score (nSPS) is 14.8. The molecule has 0 unspecified atom stereocenters. The number of nitrogens with zero attached hydrogens (tertiary/aromatic N) is 3. The Morgan fingerprint density at radius 1 is 1.09 bits per heavy atom. The average Bonchev–Trinajstić information content (AvgIpc) is 2.77. The molecular weight excluding hydrogens is 448 g/mol. The Morgan fingerprint density at radius 3 is 2.34 bits per heavy atom. The molecule has 0 saturated carbocycles. The maximum atomic E-state index is 14.7. The summed E-state index contributed by atoms with van der Waals surface area (Å²) in [6.45, 7) is -0.788. The molecule has 1 fully saturated rings. The van der Waals surface area contributed by atoms with Gasteiger partial charge in [0.05, 0.1) is 12.2 Å². The van der Waals surface area contributed by atoms with Crippen LogP contribution >= 0.6 is 0 Å². The van der Waals surface area contributed by atoms with E-state index in [-0.39, 0.29) is 43.0 Å². The predicted molar refractivity (Wildman–Crippen MR) is 111 cm³/mol. The van der Waals surface area contributed by atoms with Gasteiger partial charge in [0, 0.05) is 37.3 Å². The van der Waals surface area contributed by atoms with E-state index in [0.717, 1.165) is 31.7 Å². The lowest BCUT2D eigenvalue weighted by molar-refractivity contribution is 0.0953. The average molecular weight is 469 g/mol. The van der Waals surface area contributed by atoms with E-state index in [9.17, 15) is 26.8 Å². The first-order valence-corrected chi connectivity index (χ1v) is 10.8. The number of carboxylic acid groups (broad SMARTS) is 1. The van der Waals surface area contributed by atoms with E-state index in [2.05, 4.69) is 0 Å². The first-order valence-electron chi connectivity index (χ1n) is 9.44. The molecular formula is C19H21F2N5O5S. The van der Waals surface area contributed by atoms with Gasteiger partial charge in [-0.3, -0.25) is 14.5 Å². The molecule has 32 heavy (non-hydrogen) atoms. The predicted octanol–water partition coefficient (Wildman–Crippen LogP) is 1.12. The van der Waals surface area contributed by atoms with Crippen molar-refractivity contribution in [3.63, 3.8) is 0 Å². The van der Waals surface area contributed by atoms with Crippen molar-refractivity contribution in [2.45, 2.75) is 6.54 Å². The Kier molecular flexibility index (Phi) is 6.91. The topological polar surface area (TPSA) is 136 Å². The largest absolute Gasteiger partial charge is 0.465 e. The van der Waals surface area contributed by atoms with Crippen molar-refractivity contribution in [3.05, 3.63) is 65.2 Å². The van der Waals surface area contributed by atoms with Crippen molar-refractivity contribution < 1.29 is 31.9 Å². The highest BCUT2D eigenvalue weighted by atomic mass is 32.2. The van der Waals surface area contributed by atoms with Crippen LogP contribution in [0.3, 0.4) is 0 Å². The molecule has 1 saturated heterocycles. The van der Waals surface area contributed by atoms with Crippen LogP contribution in [0.15, 0.2) is 42.5 Å². The molecule has 4 N–H and O–H groups in total. The van der Waals surface area contributed by atoms with E-state index in [1.54, 1.807) is 0 Å². The van der Waals surface area contributed by atoms with Gasteiger partial charge in [0.25, 0.3) is 5.91 Å². The Balaban J connectivity index is 1.95. The molecule has 10 nitrogen and oxygen atoms in total. The highest BCUT2D eigenvalue weighted by Gasteiger charge is 2.34. The molecule has 0 spiro atoms. The number of nitrogens with one attached hydrogen (secondary N) is 1. The van der Waals surface area contributed by atoms with Crippen LogP contribution in [0.2, 0.25) is 0 Å². The lowest BCUT2D eigenvalue weighted by Gasteiger charge is -2.36. The summed E-state index contributed by atoms with van der Waals surface area (Å²) in [6, 6.07) is 8.26. The quantitative estimate of drug-likeness (QED) is 0.330. The molecule has 1 aliphatic rings. The molecule has 2 amide bonds. The number of amides is 2. The second-order valence-electron chi connectivity index (χ2n) is 6.94. The number of halogens is 2. The van der Waals surface area contributed by atoms with E-state index in [4.69, 9.17) is 10.9 Å². The SMILES string of the molecule is NNC(=O)c1ccc(CN(c2cccc(F)c2)S(=O)(=O)N2CCN(C(=O)O)CC2)c(F)c1. The molecule has 0 aliphatic carbocycles. The zero-order valence-corrected chi connectivity index (χ0v) is 17.6. The monoisotopic (exact) mass is 469 g/mol. The molecule has 3 rings (SSSR count). The van der Waals surface area contributed by atoms with Crippen LogP contribution in [-0.4, -0.2) is 60.9 Å². The number of carbonyl (C=O) groups excluding carboxylic acids is 1. The molecule has 0 atom stereocenters. The van der Waals surface area contributed by atoms with Gasteiger partial charge in [-0.25, -0.2) is 19.4 Å². The molecule has 1 heterocycles. The van der Waals surface area contributed by atoms with Crippen LogP contribution in [0, 0.1) is 11.6 Å². The third-order valence-electron chi connectivity index (χ3n) is 4.97.